The molecule has 0 saturated carbocycles. The minimum absolute atomic E-state index is 0.0285. The molecule has 26 heavy (non-hydrogen) atoms. The Bertz CT molecular complexity index is 782. The third-order valence-corrected chi connectivity index (χ3v) is 7.14. The number of benzene rings is 1. The number of fused-ring (bicyclic) bond motifs is 1. The van der Waals surface area contributed by atoms with E-state index < -0.39 is 15.1 Å². The van der Waals surface area contributed by atoms with Gasteiger partial charge in [-0.3, -0.25) is 4.79 Å². The molecule has 0 spiro atoms. The summed E-state index contributed by atoms with van der Waals surface area (Å²) in [5.74, 6) is -0.477. The zero-order chi connectivity index (χ0) is 18.7. The van der Waals surface area contributed by atoms with Crippen LogP contribution in [0.25, 0.3) is 0 Å². The van der Waals surface area contributed by atoms with Crippen molar-refractivity contribution in [2.45, 2.75) is 49.6 Å². The second kappa shape index (κ2) is 7.61. The lowest BCUT2D eigenvalue weighted by molar-refractivity contribution is -0.121. The number of rotatable bonds is 7. The fourth-order valence-corrected chi connectivity index (χ4v) is 5.80. The number of hydrogen-bond donors (Lipinski definition) is 3. The highest BCUT2D eigenvalue weighted by Gasteiger charge is 2.51. The van der Waals surface area contributed by atoms with Crippen LogP contribution in [0.3, 0.4) is 0 Å². The SMILES string of the molecule is O=C(CCCC[C@@H]1[C@H]2NC(=O)N[C@@H]2CS1(=O)=O)NCc1ccc(F)cc1. The number of carbonyl (C=O) groups is 2. The lowest BCUT2D eigenvalue weighted by Gasteiger charge is -2.16. The summed E-state index contributed by atoms with van der Waals surface area (Å²) in [6, 6.07) is 4.86. The molecule has 0 unspecified atom stereocenters. The molecule has 142 valence electrons. The van der Waals surface area contributed by atoms with Gasteiger partial charge in [0.15, 0.2) is 9.84 Å². The highest BCUT2D eigenvalue weighted by molar-refractivity contribution is 7.92. The second-order valence-corrected chi connectivity index (χ2v) is 9.03. The number of urea groups is 1. The number of amides is 3. The number of hydrogen-bond acceptors (Lipinski definition) is 4. The molecule has 1 aromatic rings. The maximum atomic E-state index is 12.8. The van der Waals surface area contributed by atoms with E-state index in [9.17, 15) is 22.4 Å². The van der Waals surface area contributed by atoms with E-state index in [4.69, 9.17) is 0 Å². The molecule has 7 nitrogen and oxygen atoms in total. The number of nitrogens with one attached hydrogen (secondary N) is 3. The van der Waals surface area contributed by atoms with E-state index >= 15 is 0 Å². The molecule has 9 heteroatoms. The zero-order valence-electron chi connectivity index (χ0n) is 14.2. The molecule has 3 N–H and O–H groups in total. The smallest absolute Gasteiger partial charge is 0.315 e. The van der Waals surface area contributed by atoms with Gasteiger partial charge in [0.2, 0.25) is 5.91 Å². The van der Waals surface area contributed by atoms with Crippen LogP contribution < -0.4 is 16.0 Å². The Kier molecular flexibility index (Phi) is 5.45. The van der Waals surface area contributed by atoms with Gasteiger partial charge in [0.05, 0.1) is 23.1 Å². The average Bonchev–Trinajstić information content (AvgIpc) is 3.03. The van der Waals surface area contributed by atoms with Crippen molar-refractivity contribution in [3.63, 3.8) is 0 Å². The van der Waals surface area contributed by atoms with Gasteiger partial charge in [-0.2, -0.15) is 0 Å². The third-order valence-electron chi connectivity index (χ3n) is 4.87. The summed E-state index contributed by atoms with van der Waals surface area (Å²) in [6.07, 6.45) is 1.89. The molecule has 2 saturated heterocycles. The lowest BCUT2D eigenvalue weighted by atomic mass is 10.0. The van der Waals surface area contributed by atoms with Crippen molar-refractivity contribution in [3.05, 3.63) is 35.6 Å². The summed E-state index contributed by atoms with van der Waals surface area (Å²) in [4.78, 5) is 23.2. The summed E-state index contributed by atoms with van der Waals surface area (Å²) in [6.45, 7) is 0.331. The van der Waals surface area contributed by atoms with Gasteiger partial charge in [-0.15, -0.1) is 0 Å². The lowest BCUT2D eigenvalue weighted by Crippen LogP contribution is -2.39. The molecule has 0 aliphatic carbocycles. The van der Waals surface area contributed by atoms with Gasteiger partial charge in [-0.25, -0.2) is 17.6 Å². The van der Waals surface area contributed by atoms with Gasteiger partial charge in [0, 0.05) is 13.0 Å². The predicted molar refractivity (Wildman–Crippen MR) is 93.5 cm³/mol. The first-order chi connectivity index (χ1) is 12.3. The van der Waals surface area contributed by atoms with Crippen LogP contribution >= 0.6 is 0 Å². The van der Waals surface area contributed by atoms with Gasteiger partial charge in [0.25, 0.3) is 0 Å². The molecule has 2 heterocycles. The minimum Gasteiger partial charge on any atom is -0.352 e. The molecule has 3 amide bonds. The van der Waals surface area contributed by atoms with E-state index in [1.807, 2.05) is 0 Å². The van der Waals surface area contributed by atoms with Crippen molar-refractivity contribution in [2.75, 3.05) is 5.75 Å². The van der Waals surface area contributed by atoms with Crippen molar-refractivity contribution in [3.8, 4) is 0 Å². The molecule has 3 atom stereocenters. The van der Waals surface area contributed by atoms with E-state index in [-0.39, 0.29) is 35.6 Å². The van der Waals surface area contributed by atoms with Gasteiger partial charge in [-0.05, 0) is 30.5 Å². The van der Waals surface area contributed by atoms with Crippen LogP contribution in [-0.2, 0) is 21.2 Å². The summed E-state index contributed by atoms with van der Waals surface area (Å²) in [5.41, 5.74) is 0.812. The van der Waals surface area contributed by atoms with Gasteiger partial charge < -0.3 is 16.0 Å². The summed E-state index contributed by atoms with van der Waals surface area (Å²) in [5, 5.41) is 7.48. The topological polar surface area (TPSA) is 104 Å². The molecule has 2 fully saturated rings. The van der Waals surface area contributed by atoms with Crippen molar-refractivity contribution in [1.29, 1.82) is 0 Å². The van der Waals surface area contributed by atoms with E-state index in [1.54, 1.807) is 12.1 Å². The Hall–Kier alpha value is -2.16. The monoisotopic (exact) mass is 383 g/mol. The molecule has 3 rings (SSSR count). The Balaban J connectivity index is 1.39. The first-order valence-corrected chi connectivity index (χ1v) is 10.4. The largest absolute Gasteiger partial charge is 0.352 e. The predicted octanol–water partition coefficient (Wildman–Crippen LogP) is 0.849. The van der Waals surface area contributed by atoms with Gasteiger partial charge >= 0.3 is 6.03 Å². The molecule has 0 bridgehead atoms. The Morgan fingerprint density at radius 3 is 2.65 bits per heavy atom. The van der Waals surface area contributed by atoms with Crippen molar-refractivity contribution in [1.82, 2.24) is 16.0 Å². The molecule has 2 aliphatic heterocycles. The highest BCUT2D eigenvalue weighted by Crippen LogP contribution is 2.28. The number of unbranched alkanes of at least 4 members (excludes halogenated alkanes) is 1. The van der Waals surface area contributed by atoms with Crippen LogP contribution in [0, 0.1) is 5.82 Å². The van der Waals surface area contributed by atoms with Crippen molar-refractivity contribution in [2.24, 2.45) is 0 Å². The zero-order valence-corrected chi connectivity index (χ0v) is 15.0. The van der Waals surface area contributed by atoms with E-state index in [2.05, 4.69) is 16.0 Å². The second-order valence-electron chi connectivity index (χ2n) is 6.77. The fourth-order valence-electron chi connectivity index (χ4n) is 3.53. The first kappa shape index (κ1) is 18.6. The van der Waals surface area contributed by atoms with E-state index in [1.165, 1.54) is 12.1 Å². The Morgan fingerprint density at radius 1 is 1.19 bits per heavy atom. The van der Waals surface area contributed by atoms with Crippen LogP contribution in [0.1, 0.15) is 31.2 Å². The fraction of sp³-hybridized carbons (Fsp3) is 0.529. The highest BCUT2D eigenvalue weighted by atomic mass is 32.2. The number of carbonyl (C=O) groups excluding carboxylic acids is 2. The molecular formula is C17H22FN3O4S. The Labute approximate surface area is 151 Å². The van der Waals surface area contributed by atoms with E-state index in [0.29, 0.717) is 32.2 Å². The molecular weight excluding hydrogens is 361 g/mol. The maximum Gasteiger partial charge on any atom is 0.315 e. The van der Waals surface area contributed by atoms with Crippen LogP contribution in [0.4, 0.5) is 9.18 Å². The summed E-state index contributed by atoms with van der Waals surface area (Å²) < 4.78 is 37.2. The van der Waals surface area contributed by atoms with Crippen molar-refractivity contribution >= 4 is 21.8 Å². The number of halogens is 1. The third kappa shape index (κ3) is 4.32. The summed E-state index contributed by atoms with van der Waals surface area (Å²) in [7, 11) is -3.23. The Morgan fingerprint density at radius 2 is 1.92 bits per heavy atom. The molecule has 0 aromatic heterocycles. The summed E-state index contributed by atoms with van der Waals surface area (Å²) >= 11 is 0. The van der Waals surface area contributed by atoms with Crippen LogP contribution in [0.5, 0.6) is 0 Å². The standard InChI is InChI=1S/C17H22FN3O4S/c18-12-7-5-11(6-8-12)9-19-15(22)4-2-1-3-14-16-13(10-26(14,24)25)20-17(23)21-16/h5-8,13-14,16H,1-4,9-10H2,(H,19,22)(H2,20,21,23)/t13-,14-,16+/m1/s1. The first-order valence-electron chi connectivity index (χ1n) is 8.65. The van der Waals surface area contributed by atoms with Crippen LogP contribution in [0.15, 0.2) is 24.3 Å². The number of sulfone groups is 1. The van der Waals surface area contributed by atoms with Crippen molar-refractivity contribution < 1.29 is 22.4 Å². The minimum atomic E-state index is -3.23. The molecule has 0 radical (unpaired) electrons. The van der Waals surface area contributed by atoms with Crippen LogP contribution in [0.2, 0.25) is 0 Å². The molecule has 1 aromatic carbocycles. The van der Waals surface area contributed by atoms with Gasteiger partial charge in [0.1, 0.15) is 5.82 Å². The van der Waals surface area contributed by atoms with Gasteiger partial charge in [-0.1, -0.05) is 18.6 Å². The van der Waals surface area contributed by atoms with Crippen LogP contribution in [-0.4, -0.2) is 43.4 Å². The molecule has 2 aliphatic rings. The normalized spacial score (nSPS) is 26.0. The van der Waals surface area contributed by atoms with E-state index in [0.717, 1.165) is 5.56 Å². The maximum absolute atomic E-state index is 12.8. The quantitative estimate of drug-likeness (QED) is 0.480. The average molecular weight is 383 g/mol.